The standard InChI is InChI=1S/C25H26N6OS2/c1-16-4-8-21(9-5-16)28-24(33)30-26-14-19-12-18(3)13-20(23(19)32)15-27-31-25(34)29-22-10-6-17(2)7-11-22/h4-15,32H,1-3H3,(H2,28,30,33)(H2,29,31,34)/b26-14+,27-15+. The molecule has 0 saturated heterocycles. The summed E-state index contributed by atoms with van der Waals surface area (Å²) in [5.74, 6) is 0.0384. The van der Waals surface area contributed by atoms with Gasteiger partial charge in [0.05, 0.1) is 12.4 Å². The summed E-state index contributed by atoms with van der Waals surface area (Å²) >= 11 is 10.5. The van der Waals surface area contributed by atoms with Crippen LogP contribution < -0.4 is 21.5 Å². The summed E-state index contributed by atoms with van der Waals surface area (Å²) in [5, 5.41) is 25.7. The summed E-state index contributed by atoms with van der Waals surface area (Å²) in [5.41, 5.74) is 11.5. The summed E-state index contributed by atoms with van der Waals surface area (Å²) in [6.45, 7) is 5.96. The van der Waals surface area contributed by atoms with Gasteiger partial charge in [-0.25, -0.2) is 0 Å². The highest BCUT2D eigenvalue weighted by Crippen LogP contribution is 2.21. The Morgan fingerprint density at radius 1 is 0.676 bits per heavy atom. The summed E-state index contributed by atoms with van der Waals surface area (Å²) in [6.07, 6.45) is 3.00. The van der Waals surface area contributed by atoms with Crippen molar-refractivity contribution in [3.8, 4) is 5.75 Å². The van der Waals surface area contributed by atoms with Crippen LogP contribution in [0.3, 0.4) is 0 Å². The van der Waals surface area contributed by atoms with Gasteiger partial charge in [-0.1, -0.05) is 35.4 Å². The molecule has 9 heteroatoms. The van der Waals surface area contributed by atoms with E-state index in [4.69, 9.17) is 24.4 Å². The van der Waals surface area contributed by atoms with E-state index < -0.39 is 0 Å². The Labute approximate surface area is 210 Å². The number of thiocarbonyl (C=S) groups is 2. The SMILES string of the molecule is Cc1ccc(NC(=S)N/N=C/c2cc(C)cc(/C=N/NC(=S)Nc3ccc(C)cc3)c2O)cc1. The van der Waals surface area contributed by atoms with Crippen LogP contribution in [0.1, 0.15) is 27.8 Å². The van der Waals surface area contributed by atoms with E-state index in [1.807, 2.05) is 81.4 Å². The van der Waals surface area contributed by atoms with Crippen LogP contribution in [0.5, 0.6) is 5.75 Å². The molecule has 0 aliphatic carbocycles. The molecule has 174 valence electrons. The largest absolute Gasteiger partial charge is 0.507 e. The second kappa shape index (κ2) is 11.9. The maximum atomic E-state index is 10.6. The smallest absolute Gasteiger partial charge is 0.191 e. The lowest BCUT2D eigenvalue weighted by Crippen LogP contribution is -2.24. The van der Waals surface area contributed by atoms with Crippen molar-refractivity contribution in [3.63, 3.8) is 0 Å². The molecule has 34 heavy (non-hydrogen) atoms. The fourth-order valence-electron chi connectivity index (χ4n) is 2.95. The number of rotatable bonds is 6. The number of hydrazone groups is 2. The Kier molecular flexibility index (Phi) is 8.66. The van der Waals surface area contributed by atoms with Gasteiger partial charge in [-0.3, -0.25) is 10.9 Å². The number of anilines is 2. The van der Waals surface area contributed by atoms with Crippen LogP contribution in [0.15, 0.2) is 70.9 Å². The third-order valence-corrected chi connectivity index (χ3v) is 5.06. The summed E-state index contributed by atoms with van der Waals surface area (Å²) in [4.78, 5) is 0. The minimum atomic E-state index is 0.0384. The predicted molar refractivity (Wildman–Crippen MR) is 149 cm³/mol. The molecule has 0 atom stereocenters. The number of phenolic OH excluding ortho intramolecular Hbond substituents is 1. The molecule has 0 radical (unpaired) electrons. The average Bonchev–Trinajstić information content (AvgIpc) is 2.79. The molecule has 0 unspecified atom stereocenters. The number of nitrogens with one attached hydrogen (secondary N) is 4. The maximum absolute atomic E-state index is 10.6. The third-order valence-electron chi connectivity index (χ3n) is 4.67. The second-order valence-corrected chi connectivity index (χ2v) is 8.49. The zero-order valence-corrected chi connectivity index (χ0v) is 20.7. The van der Waals surface area contributed by atoms with E-state index in [-0.39, 0.29) is 5.75 Å². The molecule has 7 nitrogen and oxygen atoms in total. The molecular weight excluding hydrogens is 464 g/mol. The van der Waals surface area contributed by atoms with Crippen molar-refractivity contribution < 1.29 is 5.11 Å². The van der Waals surface area contributed by atoms with Crippen LogP contribution in [-0.2, 0) is 0 Å². The molecule has 5 N–H and O–H groups in total. The van der Waals surface area contributed by atoms with Crippen molar-refractivity contribution in [1.29, 1.82) is 0 Å². The number of aromatic hydroxyl groups is 1. The van der Waals surface area contributed by atoms with Crippen molar-refractivity contribution in [2.24, 2.45) is 10.2 Å². The van der Waals surface area contributed by atoms with Crippen molar-refractivity contribution in [3.05, 3.63) is 88.5 Å². The lowest BCUT2D eigenvalue weighted by molar-refractivity contribution is 0.473. The highest BCUT2D eigenvalue weighted by Gasteiger charge is 2.06. The molecule has 0 heterocycles. The van der Waals surface area contributed by atoms with Crippen LogP contribution >= 0.6 is 24.4 Å². The second-order valence-electron chi connectivity index (χ2n) is 7.67. The molecule has 0 bridgehead atoms. The van der Waals surface area contributed by atoms with E-state index in [2.05, 4.69) is 31.7 Å². The molecular formula is C25H26N6OS2. The minimum Gasteiger partial charge on any atom is -0.507 e. The van der Waals surface area contributed by atoms with E-state index in [1.54, 1.807) is 0 Å². The van der Waals surface area contributed by atoms with E-state index >= 15 is 0 Å². The molecule has 0 saturated carbocycles. The van der Waals surface area contributed by atoms with Crippen molar-refractivity contribution in [1.82, 2.24) is 10.9 Å². The Bertz CT molecular complexity index is 1130. The van der Waals surface area contributed by atoms with Gasteiger partial charge in [-0.05, 0) is 87.2 Å². The van der Waals surface area contributed by atoms with Crippen LogP contribution in [-0.4, -0.2) is 27.8 Å². The van der Waals surface area contributed by atoms with E-state index in [0.29, 0.717) is 21.4 Å². The monoisotopic (exact) mass is 490 g/mol. The number of hydrogen-bond acceptors (Lipinski definition) is 5. The topological polar surface area (TPSA) is 93.1 Å². The van der Waals surface area contributed by atoms with Crippen LogP contribution in [0, 0.1) is 20.8 Å². The van der Waals surface area contributed by atoms with Crippen LogP contribution in [0.4, 0.5) is 11.4 Å². The number of nitrogens with zero attached hydrogens (tertiary/aromatic N) is 2. The molecule has 0 aliphatic heterocycles. The molecule has 3 aromatic carbocycles. The average molecular weight is 491 g/mol. The quantitative estimate of drug-likeness (QED) is 0.189. The number of hydrogen-bond donors (Lipinski definition) is 5. The lowest BCUT2D eigenvalue weighted by Gasteiger charge is -2.09. The van der Waals surface area contributed by atoms with Crippen molar-refractivity contribution >= 4 is 58.5 Å². The highest BCUT2D eigenvalue weighted by molar-refractivity contribution is 7.80. The van der Waals surface area contributed by atoms with Gasteiger partial charge in [-0.15, -0.1) is 0 Å². The van der Waals surface area contributed by atoms with Gasteiger partial charge in [-0.2, -0.15) is 10.2 Å². The highest BCUT2D eigenvalue weighted by atomic mass is 32.1. The lowest BCUT2D eigenvalue weighted by atomic mass is 10.1. The first-order chi connectivity index (χ1) is 16.3. The zero-order chi connectivity index (χ0) is 24.5. The van der Waals surface area contributed by atoms with Crippen LogP contribution in [0.25, 0.3) is 0 Å². The Morgan fingerprint density at radius 2 is 1.06 bits per heavy atom. The van der Waals surface area contributed by atoms with Gasteiger partial charge in [0.15, 0.2) is 10.2 Å². The first-order valence-electron chi connectivity index (χ1n) is 10.5. The van der Waals surface area contributed by atoms with E-state index in [9.17, 15) is 5.11 Å². The van der Waals surface area contributed by atoms with Gasteiger partial charge in [0.25, 0.3) is 0 Å². The van der Waals surface area contributed by atoms with Crippen LogP contribution in [0.2, 0.25) is 0 Å². The third kappa shape index (κ3) is 7.65. The molecule has 0 spiro atoms. The normalized spacial score (nSPS) is 10.9. The molecule has 3 rings (SSSR count). The van der Waals surface area contributed by atoms with Gasteiger partial charge >= 0.3 is 0 Å². The zero-order valence-electron chi connectivity index (χ0n) is 19.1. The maximum Gasteiger partial charge on any atom is 0.191 e. The van der Waals surface area contributed by atoms with E-state index in [0.717, 1.165) is 28.1 Å². The van der Waals surface area contributed by atoms with Gasteiger partial charge in [0.2, 0.25) is 0 Å². The Morgan fingerprint density at radius 3 is 1.44 bits per heavy atom. The first-order valence-corrected chi connectivity index (χ1v) is 11.3. The molecule has 0 aromatic heterocycles. The number of phenols is 1. The summed E-state index contributed by atoms with van der Waals surface area (Å²) < 4.78 is 0. The molecule has 3 aromatic rings. The molecule has 0 amide bonds. The van der Waals surface area contributed by atoms with Gasteiger partial charge < -0.3 is 15.7 Å². The molecule has 0 fully saturated rings. The number of aryl methyl sites for hydroxylation is 3. The van der Waals surface area contributed by atoms with Gasteiger partial charge in [0.1, 0.15) is 5.75 Å². The van der Waals surface area contributed by atoms with Crippen molar-refractivity contribution in [2.45, 2.75) is 20.8 Å². The minimum absolute atomic E-state index is 0.0384. The molecule has 0 aliphatic rings. The summed E-state index contributed by atoms with van der Waals surface area (Å²) in [7, 11) is 0. The predicted octanol–water partition coefficient (Wildman–Crippen LogP) is 4.96. The fourth-order valence-corrected chi connectivity index (χ4v) is 3.29. The Hall–Kier alpha value is -3.82. The van der Waals surface area contributed by atoms with E-state index in [1.165, 1.54) is 12.4 Å². The van der Waals surface area contributed by atoms with Crippen molar-refractivity contribution in [2.75, 3.05) is 10.6 Å². The first kappa shape index (κ1) is 24.8. The number of benzene rings is 3. The summed E-state index contributed by atoms with van der Waals surface area (Å²) in [6, 6.07) is 19.3. The van der Waals surface area contributed by atoms with Gasteiger partial charge in [0, 0.05) is 22.5 Å². The fraction of sp³-hybridized carbons (Fsp3) is 0.120. The Balaban J connectivity index is 1.58.